The molecular formula is C17H19F2NO3. The van der Waals surface area contributed by atoms with Gasteiger partial charge in [0, 0.05) is 17.9 Å². The van der Waals surface area contributed by atoms with Crippen LogP contribution in [-0.2, 0) is 10.2 Å². The van der Waals surface area contributed by atoms with Gasteiger partial charge in [-0.15, -0.1) is 0 Å². The first-order valence-corrected chi connectivity index (χ1v) is 7.52. The SMILES string of the molecule is COc1cc([C@@]23C=CC(=O)C[C@@H]2N(C)CC3)ccc1OC(F)F. The lowest BCUT2D eigenvalue weighted by atomic mass is 9.69. The summed E-state index contributed by atoms with van der Waals surface area (Å²) in [5.41, 5.74) is 0.660. The van der Waals surface area contributed by atoms with E-state index in [0.717, 1.165) is 18.5 Å². The summed E-state index contributed by atoms with van der Waals surface area (Å²) in [4.78, 5) is 14.0. The molecule has 1 fully saturated rings. The standard InChI is InChI=1S/C17H19F2NO3/c1-20-8-7-17(6-5-12(21)10-15(17)20)11-3-4-13(23-16(18)19)14(9-11)22-2/h3-6,9,15-16H,7-8,10H2,1-2H3/t15-,17-/m0/s1. The van der Waals surface area contributed by atoms with Crippen LogP contribution in [0.1, 0.15) is 18.4 Å². The summed E-state index contributed by atoms with van der Waals surface area (Å²) in [6.45, 7) is -2.02. The average Bonchev–Trinajstić information content (AvgIpc) is 2.85. The maximum Gasteiger partial charge on any atom is 0.387 e. The molecule has 2 atom stereocenters. The Morgan fingerprint density at radius 1 is 1.35 bits per heavy atom. The molecule has 1 aromatic carbocycles. The minimum atomic E-state index is -2.90. The lowest BCUT2D eigenvalue weighted by molar-refractivity contribution is -0.116. The van der Waals surface area contributed by atoms with Gasteiger partial charge in [0.05, 0.1) is 7.11 Å². The molecule has 0 unspecified atom stereocenters. The van der Waals surface area contributed by atoms with E-state index in [0.29, 0.717) is 6.42 Å². The lowest BCUT2D eigenvalue weighted by Crippen LogP contribution is -2.43. The number of benzene rings is 1. The molecule has 1 aliphatic heterocycles. The molecule has 0 bridgehead atoms. The number of halogens is 2. The van der Waals surface area contributed by atoms with Crippen molar-refractivity contribution in [2.24, 2.45) is 0 Å². The second kappa shape index (κ2) is 5.92. The quantitative estimate of drug-likeness (QED) is 0.854. The van der Waals surface area contributed by atoms with Gasteiger partial charge in [0.15, 0.2) is 17.3 Å². The molecule has 6 heteroatoms. The highest BCUT2D eigenvalue weighted by Crippen LogP contribution is 2.46. The van der Waals surface area contributed by atoms with Crippen LogP contribution >= 0.6 is 0 Å². The molecule has 0 radical (unpaired) electrons. The van der Waals surface area contributed by atoms with Crippen molar-refractivity contribution in [3.05, 3.63) is 35.9 Å². The molecule has 2 aliphatic rings. The number of ketones is 1. The Bertz CT molecular complexity index is 647. The van der Waals surface area contributed by atoms with E-state index < -0.39 is 6.61 Å². The topological polar surface area (TPSA) is 38.8 Å². The van der Waals surface area contributed by atoms with E-state index in [2.05, 4.69) is 9.64 Å². The number of allylic oxidation sites excluding steroid dienone is 1. The summed E-state index contributed by atoms with van der Waals surface area (Å²) in [5, 5.41) is 0. The van der Waals surface area contributed by atoms with Crippen LogP contribution < -0.4 is 9.47 Å². The van der Waals surface area contributed by atoms with E-state index in [1.165, 1.54) is 13.2 Å². The largest absolute Gasteiger partial charge is 0.493 e. The number of ether oxygens (including phenoxy) is 2. The summed E-state index contributed by atoms with van der Waals surface area (Å²) in [5.74, 6) is 0.404. The van der Waals surface area contributed by atoms with Crippen molar-refractivity contribution >= 4 is 5.78 Å². The minimum absolute atomic E-state index is 0.0152. The van der Waals surface area contributed by atoms with E-state index in [1.54, 1.807) is 18.2 Å². The van der Waals surface area contributed by atoms with E-state index in [9.17, 15) is 13.6 Å². The number of rotatable bonds is 4. The van der Waals surface area contributed by atoms with Crippen molar-refractivity contribution < 1.29 is 23.0 Å². The van der Waals surface area contributed by atoms with Crippen LogP contribution in [0.25, 0.3) is 0 Å². The number of methoxy groups -OCH3 is 1. The van der Waals surface area contributed by atoms with E-state index in [4.69, 9.17) is 4.74 Å². The van der Waals surface area contributed by atoms with Gasteiger partial charge in [-0.1, -0.05) is 12.1 Å². The molecule has 1 aromatic rings. The molecule has 0 amide bonds. The zero-order chi connectivity index (χ0) is 16.6. The number of nitrogens with zero attached hydrogens (tertiary/aromatic N) is 1. The third-order valence-electron chi connectivity index (χ3n) is 4.88. The van der Waals surface area contributed by atoms with Crippen LogP contribution in [0, 0.1) is 0 Å². The number of likely N-dealkylation sites (N-methyl/N-ethyl adjacent to an activating group) is 1. The first kappa shape index (κ1) is 15.9. The Morgan fingerprint density at radius 2 is 2.13 bits per heavy atom. The molecule has 3 rings (SSSR count). The summed E-state index contributed by atoms with van der Waals surface area (Å²) < 4.78 is 34.6. The van der Waals surface area contributed by atoms with Crippen LogP contribution in [0.15, 0.2) is 30.4 Å². The third-order valence-corrected chi connectivity index (χ3v) is 4.88. The average molecular weight is 323 g/mol. The summed E-state index contributed by atoms with van der Waals surface area (Å²) in [7, 11) is 3.43. The Labute approximate surface area is 133 Å². The van der Waals surface area contributed by atoms with Gasteiger partial charge in [0.2, 0.25) is 0 Å². The Hall–Kier alpha value is -1.95. The number of carbonyl (C=O) groups is 1. The van der Waals surface area contributed by atoms with Crippen molar-refractivity contribution in [3.63, 3.8) is 0 Å². The second-order valence-corrected chi connectivity index (χ2v) is 6.03. The van der Waals surface area contributed by atoms with Gasteiger partial charge in [0.1, 0.15) is 0 Å². The first-order chi connectivity index (χ1) is 11.0. The van der Waals surface area contributed by atoms with Crippen LogP contribution in [0.4, 0.5) is 8.78 Å². The van der Waals surface area contributed by atoms with Crippen molar-refractivity contribution in [2.75, 3.05) is 20.7 Å². The maximum absolute atomic E-state index is 12.5. The number of fused-ring (bicyclic) bond motifs is 1. The van der Waals surface area contributed by atoms with Crippen molar-refractivity contribution in [3.8, 4) is 11.5 Å². The monoisotopic (exact) mass is 323 g/mol. The highest BCUT2D eigenvalue weighted by Gasteiger charge is 2.48. The molecule has 0 saturated carbocycles. The Kier molecular flexibility index (Phi) is 4.10. The molecule has 1 aliphatic carbocycles. The number of carbonyl (C=O) groups excluding carboxylic acids is 1. The normalized spacial score (nSPS) is 27.3. The smallest absolute Gasteiger partial charge is 0.387 e. The van der Waals surface area contributed by atoms with E-state index in [-0.39, 0.29) is 28.7 Å². The molecule has 0 spiro atoms. The predicted molar refractivity (Wildman–Crippen MR) is 81.1 cm³/mol. The van der Waals surface area contributed by atoms with Gasteiger partial charge in [-0.2, -0.15) is 8.78 Å². The number of hydrogen-bond donors (Lipinski definition) is 0. The molecule has 0 N–H and O–H groups in total. The number of likely N-dealkylation sites (tertiary alicyclic amines) is 1. The molecule has 1 heterocycles. The zero-order valence-corrected chi connectivity index (χ0v) is 13.1. The van der Waals surface area contributed by atoms with E-state index >= 15 is 0 Å². The van der Waals surface area contributed by atoms with Gasteiger partial charge in [-0.05, 0) is 43.8 Å². The Balaban J connectivity index is 2.03. The van der Waals surface area contributed by atoms with Crippen LogP contribution in [0.3, 0.4) is 0 Å². The highest BCUT2D eigenvalue weighted by molar-refractivity contribution is 5.92. The van der Waals surface area contributed by atoms with Crippen molar-refractivity contribution in [1.29, 1.82) is 0 Å². The fourth-order valence-electron chi connectivity index (χ4n) is 3.69. The predicted octanol–water partition coefficient (Wildman–Crippen LogP) is 2.77. The number of hydrogen-bond acceptors (Lipinski definition) is 4. The maximum atomic E-state index is 12.5. The second-order valence-electron chi connectivity index (χ2n) is 6.03. The van der Waals surface area contributed by atoms with Gasteiger partial charge in [-0.25, -0.2) is 0 Å². The molecular weight excluding hydrogens is 304 g/mol. The fourth-order valence-corrected chi connectivity index (χ4v) is 3.69. The fraction of sp³-hybridized carbons (Fsp3) is 0.471. The molecule has 124 valence electrons. The van der Waals surface area contributed by atoms with Crippen molar-refractivity contribution in [2.45, 2.75) is 30.9 Å². The molecule has 1 saturated heterocycles. The van der Waals surface area contributed by atoms with Crippen LogP contribution in [0.2, 0.25) is 0 Å². The number of alkyl halides is 2. The third kappa shape index (κ3) is 2.72. The zero-order valence-electron chi connectivity index (χ0n) is 13.1. The Morgan fingerprint density at radius 3 is 2.83 bits per heavy atom. The summed E-state index contributed by atoms with van der Waals surface area (Å²) >= 11 is 0. The lowest BCUT2D eigenvalue weighted by Gasteiger charge is -2.37. The first-order valence-electron chi connectivity index (χ1n) is 7.52. The minimum Gasteiger partial charge on any atom is -0.493 e. The van der Waals surface area contributed by atoms with Gasteiger partial charge in [-0.3, -0.25) is 4.79 Å². The molecule has 0 aromatic heterocycles. The molecule has 4 nitrogen and oxygen atoms in total. The van der Waals surface area contributed by atoms with Crippen LogP contribution in [-0.4, -0.2) is 44.0 Å². The van der Waals surface area contributed by atoms with Crippen molar-refractivity contribution in [1.82, 2.24) is 4.90 Å². The highest BCUT2D eigenvalue weighted by atomic mass is 19.3. The van der Waals surface area contributed by atoms with Gasteiger partial charge in [0.25, 0.3) is 0 Å². The van der Waals surface area contributed by atoms with Gasteiger partial charge < -0.3 is 14.4 Å². The van der Waals surface area contributed by atoms with Crippen LogP contribution in [0.5, 0.6) is 11.5 Å². The van der Waals surface area contributed by atoms with E-state index in [1.807, 2.05) is 13.1 Å². The molecule has 23 heavy (non-hydrogen) atoms. The summed E-state index contributed by atoms with van der Waals surface area (Å²) in [6, 6.07) is 5.11. The van der Waals surface area contributed by atoms with Gasteiger partial charge >= 0.3 is 6.61 Å². The summed E-state index contributed by atoms with van der Waals surface area (Å²) in [6.07, 6.45) is 4.92.